The minimum absolute atomic E-state index is 0.118. The number of carboxylic acids is 1. The van der Waals surface area contributed by atoms with Crippen molar-refractivity contribution in [3.05, 3.63) is 29.8 Å². The zero-order valence-corrected chi connectivity index (χ0v) is 15.6. The molecule has 0 aliphatic heterocycles. The Bertz CT molecular complexity index is 578. The average Bonchev–Trinajstić information content (AvgIpc) is 2.88. The Kier molecular flexibility index (Phi) is 7.91. The van der Waals surface area contributed by atoms with E-state index < -0.39 is 12.1 Å². The molecule has 1 fully saturated rings. The van der Waals surface area contributed by atoms with Gasteiger partial charge in [0, 0.05) is 0 Å². The first-order valence-corrected chi connectivity index (χ1v) is 9.36. The Morgan fingerprint density at radius 2 is 1.73 bits per heavy atom. The number of ether oxygens (including phenoxy) is 2. The minimum atomic E-state index is -1.02. The zero-order chi connectivity index (χ0) is 18.9. The predicted octanol–water partition coefficient (Wildman–Crippen LogP) is 3.46. The van der Waals surface area contributed by atoms with E-state index in [1.165, 1.54) is 25.7 Å². The van der Waals surface area contributed by atoms with Gasteiger partial charge in [-0.2, -0.15) is 0 Å². The Labute approximate surface area is 154 Å². The molecule has 1 aromatic rings. The van der Waals surface area contributed by atoms with E-state index in [2.05, 4.69) is 5.32 Å². The Hall–Kier alpha value is -2.08. The normalized spacial score (nSPS) is 17.8. The van der Waals surface area contributed by atoms with Crippen molar-refractivity contribution in [1.82, 2.24) is 5.32 Å². The molecule has 1 saturated carbocycles. The molecule has 0 bridgehead atoms. The van der Waals surface area contributed by atoms with Crippen LogP contribution in [0.5, 0.6) is 5.75 Å². The lowest BCUT2D eigenvalue weighted by Crippen LogP contribution is -2.38. The zero-order valence-electron chi connectivity index (χ0n) is 15.6. The smallest absolute Gasteiger partial charge is 0.341 e. The molecule has 26 heavy (non-hydrogen) atoms. The van der Waals surface area contributed by atoms with Crippen LogP contribution in [-0.4, -0.2) is 35.8 Å². The number of hydrogen-bond donors (Lipinski definition) is 2. The van der Waals surface area contributed by atoms with Crippen LogP contribution in [0.3, 0.4) is 0 Å². The predicted molar refractivity (Wildman–Crippen MR) is 98.2 cm³/mol. The lowest BCUT2D eigenvalue weighted by atomic mass is 10.1. The maximum atomic E-state index is 12.4. The molecule has 0 aromatic heterocycles. The summed E-state index contributed by atoms with van der Waals surface area (Å²) in [6.45, 7) is 3.33. The number of nitrogens with one attached hydrogen (secondary N) is 1. The van der Waals surface area contributed by atoms with Crippen LogP contribution in [0.2, 0.25) is 0 Å². The number of rotatable bonds is 8. The van der Waals surface area contributed by atoms with Crippen LogP contribution in [0.25, 0.3) is 0 Å². The minimum Gasteiger partial charge on any atom is -0.482 e. The third-order valence-electron chi connectivity index (χ3n) is 4.67. The van der Waals surface area contributed by atoms with Crippen LogP contribution < -0.4 is 10.1 Å². The first-order chi connectivity index (χ1) is 12.5. The molecule has 2 rings (SSSR count). The second-order valence-electron chi connectivity index (χ2n) is 6.87. The average molecular weight is 363 g/mol. The van der Waals surface area contributed by atoms with Gasteiger partial charge in [0.05, 0.1) is 12.1 Å². The van der Waals surface area contributed by atoms with Gasteiger partial charge in [-0.1, -0.05) is 37.8 Å². The SMILES string of the molecule is CC(OC1CCCCCC1)C(=O)NC(C)c1ccc(OCC(=O)O)cc1. The second kappa shape index (κ2) is 10.2. The highest BCUT2D eigenvalue weighted by Gasteiger charge is 2.21. The Morgan fingerprint density at radius 1 is 1.12 bits per heavy atom. The van der Waals surface area contributed by atoms with Gasteiger partial charge in [-0.3, -0.25) is 4.79 Å². The highest BCUT2D eigenvalue weighted by atomic mass is 16.5. The first kappa shape index (κ1) is 20.2. The number of carboxylic acid groups (broad SMARTS) is 1. The van der Waals surface area contributed by atoms with E-state index in [0.29, 0.717) is 5.75 Å². The number of carbonyl (C=O) groups is 2. The summed E-state index contributed by atoms with van der Waals surface area (Å²) in [4.78, 5) is 22.9. The van der Waals surface area contributed by atoms with Crippen molar-refractivity contribution in [2.24, 2.45) is 0 Å². The molecule has 6 nitrogen and oxygen atoms in total. The lowest BCUT2D eigenvalue weighted by Gasteiger charge is -2.23. The van der Waals surface area contributed by atoms with Gasteiger partial charge >= 0.3 is 5.97 Å². The van der Waals surface area contributed by atoms with E-state index in [4.69, 9.17) is 14.6 Å². The molecular weight excluding hydrogens is 334 g/mol. The van der Waals surface area contributed by atoms with Crippen molar-refractivity contribution in [1.29, 1.82) is 0 Å². The lowest BCUT2D eigenvalue weighted by molar-refractivity contribution is -0.139. The van der Waals surface area contributed by atoms with Crippen LogP contribution in [0.15, 0.2) is 24.3 Å². The van der Waals surface area contributed by atoms with Crippen LogP contribution in [0.1, 0.15) is 64.0 Å². The third-order valence-corrected chi connectivity index (χ3v) is 4.67. The maximum Gasteiger partial charge on any atom is 0.341 e. The van der Waals surface area contributed by atoms with Crippen molar-refractivity contribution in [3.63, 3.8) is 0 Å². The summed E-state index contributed by atoms with van der Waals surface area (Å²) in [7, 11) is 0. The molecule has 2 N–H and O–H groups in total. The molecule has 1 aliphatic rings. The van der Waals surface area contributed by atoms with Crippen molar-refractivity contribution in [3.8, 4) is 5.75 Å². The van der Waals surface area contributed by atoms with Crippen LogP contribution in [0, 0.1) is 0 Å². The summed E-state index contributed by atoms with van der Waals surface area (Å²) in [5, 5.41) is 11.6. The summed E-state index contributed by atoms with van der Waals surface area (Å²) in [6, 6.07) is 6.87. The Morgan fingerprint density at radius 3 is 2.31 bits per heavy atom. The van der Waals surface area contributed by atoms with Gasteiger partial charge in [0.15, 0.2) is 6.61 Å². The summed E-state index contributed by atoms with van der Waals surface area (Å²) in [5.41, 5.74) is 0.919. The van der Waals surface area contributed by atoms with Gasteiger partial charge < -0.3 is 19.9 Å². The van der Waals surface area contributed by atoms with Crippen LogP contribution in [0.4, 0.5) is 0 Å². The van der Waals surface area contributed by atoms with Crippen molar-refractivity contribution >= 4 is 11.9 Å². The molecule has 2 atom stereocenters. The van der Waals surface area contributed by atoms with Crippen molar-refractivity contribution in [2.75, 3.05) is 6.61 Å². The number of benzene rings is 1. The maximum absolute atomic E-state index is 12.4. The third kappa shape index (κ3) is 6.67. The van der Waals surface area contributed by atoms with Crippen molar-refractivity contribution < 1.29 is 24.2 Å². The van der Waals surface area contributed by atoms with Gasteiger partial charge in [0.1, 0.15) is 11.9 Å². The topological polar surface area (TPSA) is 84.9 Å². The van der Waals surface area contributed by atoms with Crippen LogP contribution >= 0.6 is 0 Å². The van der Waals surface area contributed by atoms with E-state index >= 15 is 0 Å². The molecule has 0 radical (unpaired) electrons. The molecule has 0 heterocycles. The van der Waals surface area contributed by atoms with Gasteiger partial charge in [0.2, 0.25) is 5.91 Å². The molecule has 0 saturated heterocycles. The fraction of sp³-hybridized carbons (Fsp3) is 0.600. The standard InChI is InChI=1S/C20H29NO5/c1-14(16-9-11-17(12-10-16)25-13-19(22)23)21-20(24)15(2)26-18-7-5-3-4-6-8-18/h9-12,14-15,18H,3-8,13H2,1-2H3,(H,21,24)(H,22,23). The number of carbonyl (C=O) groups excluding carboxylic acids is 1. The van der Waals surface area contributed by atoms with Gasteiger partial charge in [0.25, 0.3) is 0 Å². The molecule has 144 valence electrons. The molecule has 1 aliphatic carbocycles. The fourth-order valence-corrected chi connectivity index (χ4v) is 3.14. The summed E-state index contributed by atoms with van der Waals surface area (Å²) >= 11 is 0. The molecular formula is C20H29NO5. The summed E-state index contributed by atoms with van der Waals surface area (Å²) in [6.07, 6.45) is 6.62. The van der Waals surface area contributed by atoms with E-state index in [-0.39, 0.29) is 24.7 Å². The Balaban J connectivity index is 1.82. The second-order valence-corrected chi connectivity index (χ2v) is 6.87. The number of amides is 1. The number of aliphatic carboxylic acids is 1. The monoisotopic (exact) mass is 363 g/mol. The molecule has 2 unspecified atom stereocenters. The first-order valence-electron chi connectivity index (χ1n) is 9.36. The summed E-state index contributed by atoms with van der Waals surface area (Å²) in [5.74, 6) is -0.648. The largest absolute Gasteiger partial charge is 0.482 e. The van der Waals surface area contributed by atoms with E-state index in [0.717, 1.165) is 18.4 Å². The molecule has 1 amide bonds. The van der Waals surface area contributed by atoms with E-state index in [1.54, 1.807) is 19.1 Å². The molecule has 0 spiro atoms. The summed E-state index contributed by atoms with van der Waals surface area (Å²) < 4.78 is 11.1. The van der Waals surface area contributed by atoms with Crippen molar-refractivity contribution in [2.45, 2.75) is 70.6 Å². The van der Waals surface area contributed by atoms with Gasteiger partial charge in [-0.05, 0) is 44.4 Å². The highest BCUT2D eigenvalue weighted by Crippen LogP contribution is 2.22. The van der Waals surface area contributed by atoms with Gasteiger partial charge in [-0.25, -0.2) is 4.79 Å². The molecule has 6 heteroatoms. The highest BCUT2D eigenvalue weighted by molar-refractivity contribution is 5.80. The number of hydrogen-bond acceptors (Lipinski definition) is 4. The fourth-order valence-electron chi connectivity index (χ4n) is 3.14. The van der Waals surface area contributed by atoms with E-state index in [9.17, 15) is 9.59 Å². The quantitative estimate of drug-likeness (QED) is 0.691. The van der Waals surface area contributed by atoms with E-state index in [1.807, 2.05) is 19.1 Å². The van der Waals surface area contributed by atoms with Crippen LogP contribution in [-0.2, 0) is 14.3 Å². The molecule has 1 aromatic carbocycles. The van der Waals surface area contributed by atoms with Gasteiger partial charge in [-0.15, -0.1) is 0 Å².